The first-order valence-corrected chi connectivity index (χ1v) is 12.7. The van der Waals surface area contributed by atoms with E-state index >= 15 is 0 Å². The monoisotopic (exact) mass is 473 g/mol. The van der Waals surface area contributed by atoms with Crippen LogP contribution in [-0.4, -0.2) is 50.0 Å². The lowest BCUT2D eigenvalue weighted by Crippen LogP contribution is -2.48. The van der Waals surface area contributed by atoms with E-state index in [1.54, 1.807) is 12.1 Å². The number of amides is 2. The number of sulfonamides is 1. The minimum Gasteiger partial charge on any atom is -0.493 e. The van der Waals surface area contributed by atoms with Crippen LogP contribution in [0.4, 0.5) is 0 Å². The molecule has 1 aliphatic heterocycles. The molecular weight excluding hydrogens is 442 g/mol. The minimum atomic E-state index is -3.24. The molecule has 174 valence electrons. The third-order valence-corrected chi connectivity index (χ3v) is 7.43. The largest absolute Gasteiger partial charge is 0.493 e. The van der Waals surface area contributed by atoms with Crippen molar-refractivity contribution in [3.8, 4) is 5.75 Å². The average Bonchev–Trinajstić information content (AvgIpc) is 2.75. The normalized spacial score (nSPS) is 15.5. The maximum atomic E-state index is 12.3. The van der Waals surface area contributed by atoms with Crippen LogP contribution in [0.3, 0.4) is 0 Å². The summed E-state index contributed by atoms with van der Waals surface area (Å²) >= 11 is 5.91. The summed E-state index contributed by atoms with van der Waals surface area (Å²) in [5.41, 5.74) is 5.80. The van der Waals surface area contributed by atoms with Gasteiger partial charge in [-0.05, 0) is 56.4 Å². The van der Waals surface area contributed by atoms with Crippen LogP contribution in [0, 0.1) is 12.8 Å². The highest BCUT2D eigenvalue weighted by Crippen LogP contribution is 2.22. The molecule has 0 radical (unpaired) electrons. The lowest BCUT2D eigenvalue weighted by Gasteiger charge is -2.30. The van der Waals surface area contributed by atoms with Crippen molar-refractivity contribution < 1.29 is 22.7 Å². The van der Waals surface area contributed by atoms with Gasteiger partial charge in [-0.2, -0.15) is 0 Å². The lowest BCUT2D eigenvalue weighted by atomic mass is 9.98. The molecule has 1 aromatic carbocycles. The Labute approximate surface area is 189 Å². The molecule has 1 fully saturated rings. The van der Waals surface area contributed by atoms with Gasteiger partial charge in [0.25, 0.3) is 0 Å². The molecule has 2 amide bonds. The Bertz CT molecular complexity index is 855. The highest BCUT2D eigenvalue weighted by Gasteiger charge is 2.30. The summed E-state index contributed by atoms with van der Waals surface area (Å²) in [5, 5.41) is 0.642. The summed E-state index contributed by atoms with van der Waals surface area (Å²) < 4.78 is 31.6. The van der Waals surface area contributed by atoms with Crippen LogP contribution in [0.5, 0.6) is 5.75 Å². The number of nitrogens with zero attached hydrogens (tertiary/aromatic N) is 1. The van der Waals surface area contributed by atoms with Gasteiger partial charge in [-0.3, -0.25) is 20.4 Å². The Balaban J connectivity index is 1.63. The number of halogens is 1. The Morgan fingerprint density at radius 3 is 2.55 bits per heavy atom. The van der Waals surface area contributed by atoms with Crippen molar-refractivity contribution in [2.24, 2.45) is 5.92 Å². The topological polar surface area (TPSA) is 105 Å². The maximum Gasteiger partial charge on any atom is 0.241 e. The van der Waals surface area contributed by atoms with E-state index in [4.69, 9.17) is 16.3 Å². The number of ether oxygens (including phenoxy) is 1. The molecule has 31 heavy (non-hydrogen) atoms. The molecule has 2 N–H and O–H groups in total. The second-order valence-electron chi connectivity index (χ2n) is 7.74. The third-order valence-electron chi connectivity index (χ3n) is 5.24. The number of aryl methyl sites for hydroxylation is 1. The number of hydrogen-bond donors (Lipinski definition) is 2. The number of rotatable bonds is 10. The number of carbonyl (C=O) groups excluding carboxylic acids is 2. The first kappa shape index (κ1) is 25.4. The Morgan fingerprint density at radius 2 is 1.90 bits per heavy atom. The zero-order valence-electron chi connectivity index (χ0n) is 18.2. The van der Waals surface area contributed by atoms with Crippen molar-refractivity contribution in [2.45, 2.75) is 52.4 Å². The van der Waals surface area contributed by atoms with E-state index in [2.05, 4.69) is 10.9 Å². The van der Waals surface area contributed by atoms with Gasteiger partial charge in [-0.1, -0.05) is 24.9 Å². The van der Waals surface area contributed by atoms with Crippen LogP contribution in [0.15, 0.2) is 18.2 Å². The average molecular weight is 474 g/mol. The first-order chi connectivity index (χ1) is 14.7. The second kappa shape index (κ2) is 12.3. The zero-order chi connectivity index (χ0) is 22.9. The number of piperidine rings is 1. The summed E-state index contributed by atoms with van der Waals surface area (Å²) in [6.45, 7) is 4.89. The summed E-state index contributed by atoms with van der Waals surface area (Å²) in [6.07, 6.45) is 3.06. The van der Waals surface area contributed by atoms with Gasteiger partial charge in [-0.15, -0.1) is 0 Å². The summed E-state index contributed by atoms with van der Waals surface area (Å²) in [6, 6.07) is 5.35. The molecule has 1 heterocycles. The van der Waals surface area contributed by atoms with Gasteiger partial charge in [0.2, 0.25) is 21.8 Å². The second-order valence-corrected chi connectivity index (χ2v) is 10.3. The number of benzene rings is 1. The van der Waals surface area contributed by atoms with Crippen molar-refractivity contribution in [3.05, 3.63) is 28.8 Å². The standard InChI is InChI=1S/C21H32ClN3O5S/c1-3-4-14-31(28,29)25-11-9-17(10-12-25)21(27)24-23-20(26)6-5-13-30-19-8-7-18(22)15-16(19)2/h7-8,15,17H,3-6,9-14H2,1-2H3,(H,23,26)(H,24,27). The highest BCUT2D eigenvalue weighted by atomic mass is 35.5. The van der Waals surface area contributed by atoms with Gasteiger partial charge in [0.15, 0.2) is 0 Å². The van der Waals surface area contributed by atoms with Crippen molar-refractivity contribution in [2.75, 3.05) is 25.4 Å². The first-order valence-electron chi connectivity index (χ1n) is 10.7. The SMILES string of the molecule is CCCCS(=O)(=O)N1CCC(C(=O)NNC(=O)CCCOc2ccc(Cl)cc2C)CC1. The summed E-state index contributed by atoms with van der Waals surface area (Å²) in [7, 11) is -3.24. The number of hydrogen-bond acceptors (Lipinski definition) is 5. The van der Waals surface area contributed by atoms with Gasteiger partial charge in [0.1, 0.15) is 5.75 Å². The molecule has 1 aromatic rings. The fraction of sp³-hybridized carbons (Fsp3) is 0.619. The molecule has 1 aliphatic rings. The molecular formula is C21H32ClN3O5S. The van der Waals surface area contributed by atoms with E-state index in [0.717, 1.165) is 17.7 Å². The van der Waals surface area contributed by atoms with Gasteiger partial charge in [-0.25, -0.2) is 12.7 Å². The Morgan fingerprint density at radius 1 is 1.19 bits per heavy atom. The van der Waals surface area contributed by atoms with Gasteiger partial charge in [0, 0.05) is 30.5 Å². The molecule has 0 aliphatic carbocycles. The van der Waals surface area contributed by atoms with Crippen LogP contribution in [0.25, 0.3) is 0 Å². The van der Waals surface area contributed by atoms with Crippen LogP contribution < -0.4 is 15.6 Å². The smallest absolute Gasteiger partial charge is 0.241 e. The van der Waals surface area contributed by atoms with E-state index in [1.807, 2.05) is 19.9 Å². The van der Waals surface area contributed by atoms with E-state index in [9.17, 15) is 18.0 Å². The summed E-state index contributed by atoms with van der Waals surface area (Å²) in [4.78, 5) is 24.2. The molecule has 0 bridgehead atoms. The predicted octanol–water partition coefficient (Wildman–Crippen LogP) is 2.80. The van der Waals surface area contributed by atoms with Crippen LogP contribution in [0.2, 0.25) is 5.02 Å². The van der Waals surface area contributed by atoms with E-state index in [1.165, 1.54) is 4.31 Å². The molecule has 0 aromatic heterocycles. The Hall–Kier alpha value is -1.84. The van der Waals surface area contributed by atoms with Crippen LogP contribution >= 0.6 is 11.6 Å². The van der Waals surface area contributed by atoms with Crippen LogP contribution in [0.1, 0.15) is 51.0 Å². The van der Waals surface area contributed by atoms with Crippen LogP contribution in [-0.2, 0) is 19.6 Å². The number of carbonyl (C=O) groups is 2. The molecule has 0 spiro atoms. The number of unbranched alkanes of at least 4 members (excludes halogenated alkanes) is 1. The maximum absolute atomic E-state index is 12.3. The molecule has 2 rings (SSSR count). The summed E-state index contributed by atoms with van der Waals surface area (Å²) in [5.74, 6) is -0.0239. The van der Waals surface area contributed by atoms with Gasteiger partial charge in [0.05, 0.1) is 12.4 Å². The third kappa shape index (κ3) is 8.31. The highest BCUT2D eigenvalue weighted by molar-refractivity contribution is 7.89. The fourth-order valence-corrected chi connectivity index (χ4v) is 5.24. The zero-order valence-corrected chi connectivity index (χ0v) is 19.7. The lowest BCUT2D eigenvalue weighted by molar-refractivity contribution is -0.132. The van der Waals surface area contributed by atoms with Gasteiger partial charge < -0.3 is 4.74 Å². The molecule has 0 saturated carbocycles. The Kier molecular flexibility index (Phi) is 10.1. The predicted molar refractivity (Wildman–Crippen MR) is 120 cm³/mol. The van der Waals surface area contributed by atoms with Crippen molar-refractivity contribution in [1.82, 2.24) is 15.2 Å². The molecule has 1 saturated heterocycles. The van der Waals surface area contributed by atoms with Crippen molar-refractivity contribution >= 4 is 33.4 Å². The molecule has 10 heteroatoms. The van der Waals surface area contributed by atoms with E-state index < -0.39 is 10.0 Å². The van der Waals surface area contributed by atoms with Crippen molar-refractivity contribution in [3.63, 3.8) is 0 Å². The van der Waals surface area contributed by atoms with E-state index in [0.29, 0.717) is 50.4 Å². The minimum absolute atomic E-state index is 0.151. The molecule has 8 nitrogen and oxygen atoms in total. The molecule has 0 atom stereocenters. The van der Waals surface area contributed by atoms with Crippen molar-refractivity contribution in [1.29, 1.82) is 0 Å². The fourth-order valence-electron chi connectivity index (χ4n) is 3.34. The van der Waals surface area contributed by atoms with E-state index in [-0.39, 0.29) is 29.9 Å². The number of hydrazine groups is 1. The quantitative estimate of drug-likeness (QED) is 0.401. The number of nitrogens with one attached hydrogen (secondary N) is 2. The molecule has 0 unspecified atom stereocenters. The van der Waals surface area contributed by atoms with Gasteiger partial charge >= 0.3 is 0 Å².